The molecule has 0 radical (unpaired) electrons. The molecule has 0 saturated heterocycles. The smallest absolute Gasteiger partial charge is 0.390 e. The van der Waals surface area contributed by atoms with Crippen molar-refractivity contribution in [1.29, 1.82) is 0 Å². The van der Waals surface area contributed by atoms with Gasteiger partial charge >= 0.3 is 6.18 Å². The third-order valence-electron chi connectivity index (χ3n) is 3.08. The highest BCUT2D eigenvalue weighted by Crippen LogP contribution is 2.36. The molecule has 0 aromatic heterocycles. The first-order chi connectivity index (χ1) is 6.97. The molecule has 2 nitrogen and oxygen atoms in total. The van der Waals surface area contributed by atoms with E-state index >= 15 is 0 Å². The fourth-order valence-corrected chi connectivity index (χ4v) is 2.10. The maximum absolute atomic E-state index is 11.8. The van der Waals surface area contributed by atoms with Gasteiger partial charge in [-0.2, -0.15) is 13.2 Å². The van der Waals surface area contributed by atoms with Gasteiger partial charge in [0.15, 0.2) is 0 Å². The number of aliphatic hydroxyl groups is 1. The van der Waals surface area contributed by atoms with Crippen molar-refractivity contribution < 1.29 is 18.3 Å². The predicted octanol–water partition coefficient (Wildman–Crippen LogP) is 2.08. The summed E-state index contributed by atoms with van der Waals surface area (Å²) in [6.45, 7) is 0.525. The van der Waals surface area contributed by atoms with Gasteiger partial charge in [-0.25, -0.2) is 0 Å². The maximum Gasteiger partial charge on any atom is 0.390 e. The van der Waals surface area contributed by atoms with Crippen LogP contribution in [-0.2, 0) is 0 Å². The number of hydrogen-bond donors (Lipinski definition) is 2. The van der Waals surface area contributed by atoms with E-state index < -0.39 is 12.6 Å². The summed E-state index contributed by atoms with van der Waals surface area (Å²) in [5.74, 6) is 0. The standard InChI is InChI=1S/C10H18F3NO/c11-10(12,13)5-6-14-7-9(8-15)3-1-2-4-9/h14-15H,1-8H2. The summed E-state index contributed by atoms with van der Waals surface area (Å²) in [7, 11) is 0. The molecule has 2 N–H and O–H groups in total. The normalized spacial score (nSPS) is 20.8. The van der Waals surface area contributed by atoms with Crippen LogP contribution in [0.3, 0.4) is 0 Å². The highest BCUT2D eigenvalue weighted by molar-refractivity contribution is 4.85. The summed E-state index contributed by atoms with van der Waals surface area (Å²) in [5.41, 5.74) is -0.161. The van der Waals surface area contributed by atoms with Gasteiger partial charge in [-0.3, -0.25) is 0 Å². The molecule has 0 bridgehead atoms. The summed E-state index contributed by atoms with van der Waals surface area (Å²) in [6, 6.07) is 0. The number of rotatable bonds is 5. The Kier molecular flexibility index (Phi) is 4.40. The molecule has 0 amide bonds. The van der Waals surface area contributed by atoms with Crippen LogP contribution in [0, 0.1) is 5.41 Å². The molecule has 1 aliphatic rings. The topological polar surface area (TPSA) is 32.3 Å². The Morgan fingerprint density at radius 3 is 2.27 bits per heavy atom. The molecule has 1 fully saturated rings. The van der Waals surface area contributed by atoms with E-state index in [-0.39, 0.29) is 18.6 Å². The van der Waals surface area contributed by atoms with Gasteiger partial charge in [0.2, 0.25) is 0 Å². The Morgan fingerprint density at radius 2 is 1.80 bits per heavy atom. The van der Waals surface area contributed by atoms with E-state index in [0.717, 1.165) is 25.7 Å². The first kappa shape index (κ1) is 12.8. The van der Waals surface area contributed by atoms with E-state index in [0.29, 0.717) is 6.54 Å². The van der Waals surface area contributed by atoms with Crippen molar-refractivity contribution in [2.75, 3.05) is 19.7 Å². The molecule has 90 valence electrons. The lowest BCUT2D eigenvalue weighted by Gasteiger charge is -2.26. The van der Waals surface area contributed by atoms with Gasteiger partial charge in [0, 0.05) is 25.1 Å². The summed E-state index contributed by atoms with van der Waals surface area (Å²) in [6.07, 6.45) is -0.905. The van der Waals surface area contributed by atoms with Gasteiger partial charge in [0.25, 0.3) is 0 Å². The van der Waals surface area contributed by atoms with Crippen LogP contribution in [-0.4, -0.2) is 31.0 Å². The van der Waals surface area contributed by atoms with E-state index in [1.807, 2.05) is 0 Å². The maximum atomic E-state index is 11.8. The largest absolute Gasteiger partial charge is 0.396 e. The average Bonchev–Trinajstić information content (AvgIpc) is 2.60. The first-order valence-electron chi connectivity index (χ1n) is 5.36. The van der Waals surface area contributed by atoms with Crippen molar-refractivity contribution in [2.45, 2.75) is 38.3 Å². The second-order valence-corrected chi connectivity index (χ2v) is 4.41. The van der Waals surface area contributed by atoms with Crippen molar-refractivity contribution in [1.82, 2.24) is 5.32 Å². The third-order valence-corrected chi connectivity index (χ3v) is 3.08. The molecule has 1 aliphatic carbocycles. The zero-order valence-electron chi connectivity index (χ0n) is 8.74. The Bertz CT molecular complexity index is 188. The quantitative estimate of drug-likeness (QED) is 0.702. The van der Waals surface area contributed by atoms with E-state index in [4.69, 9.17) is 0 Å². The Hall–Kier alpha value is -0.290. The molecular formula is C10H18F3NO. The number of hydrogen-bond acceptors (Lipinski definition) is 2. The van der Waals surface area contributed by atoms with Crippen molar-refractivity contribution in [3.8, 4) is 0 Å². The average molecular weight is 225 g/mol. The molecular weight excluding hydrogens is 207 g/mol. The van der Waals surface area contributed by atoms with Crippen LogP contribution in [0.5, 0.6) is 0 Å². The van der Waals surface area contributed by atoms with Crippen LogP contribution in [0.25, 0.3) is 0 Å². The summed E-state index contributed by atoms with van der Waals surface area (Å²) < 4.78 is 35.5. The highest BCUT2D eigenvalue weighted by Gasteiger charge is 2.33. The van der Waals surface area contributed by atoms with Crippen LogP contribution in [0.4, 0.5) is 13.2 Å². The van der Waals surface area contributed by atoms with Gasteiger partial charge in [-0.1, -0.05) is 12.8 Å². The third kappa shape index (κ3) is 4.38. The zero-order valence-corrected chi connectivity index (χ0v) is 8.74. The molecule has 15 heavy (non-hydrogen) atoms. The van der Waals surface area contributed by atoms with Gasteiger partial charge in [0.1, 0.15) is 0 Å². The second kappa shape index (κ2) is 5.16. The molecule has 0 spiro atoms. The lowest BCUT2D eigenvalue weighted by molar-refractivity contribution is -0.133. The summed E-state index contributed by atoms with van der Waals surface area (Å²) in [5, 5.41) is 12.0. The molecule has 0 atom stereocenters. The molecule has 5 heteroatoms. The molecule has 0 heterocycles. The SMILES string of the molecule is OCC1(CNCCC(F)(F)F)CCCC1. The van der Waals surface area contributed by atoms with Crippen molar-refractivity contribution in [2.24, 2.45) is 5.41 Å². The van der Waals surface area contributed by atoms with Gasteiger partial charge in [0.05, 0.1) is 6.42 Å². The Labute approximate surface area is 87.9 Å². The van der Waals surface area contributed by atoms with Crippen LogP contribution in [0.15, 0.2) is 0 Å². The number of alkyl halides is 3. The van der Waals surface area contributed by atoms with E-state index in [2.05, 4.69) is 5.32 Å². The van der Waals surface area contributed by atoms with Crippen molar-refractivity contribution in [3.63, 3.8) is 0 Å². The van der Waals surface area contributed by atoms with Crippen LogP contribution in [0.2, 0.25) is 0 Å². The minimum Gasteiger partial charge on any atom is -0.396 e. The minimum absolute atomic E-state index is 0.0503. The van der Waals surface area contributed by atoms with Gasteiger partial charge in [-0.15, -0.1) is 0 Å². The number of aliphatic hydroxyl groups excluding tert-OH is 1. The molecule has 1 rings (SSSR count). The summed E-state index contributed by atoms with van der Waals surface area (Å²) >= 11 is 0. The number of halogens is 3. The predicted molar refractivity (Wildman–Crippen MR) is 51.5 cm³/mol. The fraction of sp³-hybridized carbons (Fsp3) is 1.00. The van der Waals surface area contributed by atoms with Gasteiger partial charge < -0.3 is 10.4 Å². The lowest BCUT2D eigenvalue weighted by atomic mass is 9.87. The summed E-state index contributed by atoms with van der Waals surface area (Å²) in [4.78, 5) is 0. The zero-order chi connectivity index (χ0) is 11.4. The minimum atomic E-state index is -4.09. The Balaban J connectivity index is 2.18. The number of nitrogens with one attached hydrogen (secondary N) is 1. The van der Waals surface area contributed by atoms with Crippen molar-refractivity contribution in [3.05, 3.63) is 0 Å². The van der Waals surface area contributed by atoms with Gasteiger partial charge in [-0.05, 0) is 12.8 Å². The van der Waals surface area contributed by atoms with E-state index in [9.17, 15) is 18.3 Å². The van der Waals surface area contributed by atoms with Crippen LogP contribution in [0.1, 0.15) is 32.1 Å². The van der Waals surface area contributed by atoms with Crippen molar-refractivity contribution >= 4 is 0 Å². The highest BCUT2D eigenvalue weighted by atomic mass is 19.4. The molecule has 0 aromatic carbocycles. The first-order valence-corrected chi connectivity index (χ1v) is 5.36. The monoisotopic (exact) mass is 225 g/mol. The second-order valence-electron chi connectivity index (χ2n) is 4.41. The van der Waals surface area contributed by atoms with Crippen LogP contribution >= 0.6 is 0 Å². The molecule has 0 aliphatic heterocycles. The van der Waals surface area contributed by atoms with E-state index in [1.165, 1.54) is 0 Å². The Morgan fingerprint density at radius 1 is 1.20 bits per heavy atom. The van der Waals surface area contributed by atoms with Crippen LogP contribution < -0.4 is 5.32 Å². The lowest BCUT2D eigenvalue weighted by Crippen LogP contribution is -2.36. The van der Waals surface area contributed by atoms with E-state index in [1.54, 1.807) is 0 Å². The molecule has 1 saturated carbocycles. The molecule has 0 unspecified atom stereocenters. The fourth-order valence-electron chi connectivity index (χ4n) is 2.10. The molecule has 0 aromatic rings.